The molecule has 0 heterocycles. The molecule has 28 heavy (non-hydrogen) atoms. The van der Waals surface area contributed by atoms with E-state index in [-0.39, 0.29) is 5.97 Å². The van der Waals surface area contributed by atoms with Gasteiger partial charge in [-0.05, 0) is 111 Å². The largest absolute Gasteiger partial charge is 0.469 e. The van der Waals surface area contributed by atoms with Crippen LogP contribution in [0, 0.1) is 46.3 Å². The van der Waals surface area contributed by atoms with Crippen LogP contribution in [0.5, 0.6) is 0 Å². The van der Waals surface area contributed by atoms with E-state index in [2.05, 4.69) is 20.8 Å². The molecule has 4 rings (SSSR count). The van der Waals surface area contributed by atoms with E-state index in [1.165, 1.54) is 64.9 Å². The molecular formula is C25H43NO2. The van der Waals surface area contributed by atoms with Crippen molar-refractivity contribution in [3.05, 3.63) is 0 Å². The van der Waals surface area contributed by atoms with Crippen LogP contribution < -0.4 is 5.73 Å². The lowest BCUT2D eigenvalue weighted by atomic mass is 9.44. The monoisotopic (exact) mass is 389 g/mol. The molecule has 3 nitrogen and oxygen atoms in total. The zero-order chi connectivity index (χ0) is 20.1. The molecule has 4 aliphatic carbocycles. The molecule has 0 aromatic carbocycles. The van der Waals surface area contributed by atoms with Gasteiger partial charge in [0, 0.05) is 12.5 Å². The highest BCUT2D eigenvalue weighted by atomic mass is 16.5. The Labute approximate surface area is 172 Å². The van der Waals surface area contributed by atoms with Crippen molar-refractivity contribution in [1.29, 1.82) is 0 Å². The van der Waals surface area contributed by atoms with E-state index in [1.807, 2.05) is 0 Å². The first kappa shape index (κ1) is 20.7. The first-order valence-corrected chi connectivity index (χ1v) is 12.1. The second-order valence-electron chi connectivity index (χ2n) is 11.5. The van der Waals surface area contributed by atoms with Crippen molar-refractivity contribution in [2.45, 2.75) is 97.4 Å². The first-order valence-electron chi connectivity index (χ1n) is 12.1. The zero-order valence-corrected chi connectivity index (χ0v) is 18.7. The molecule has 4 saturated carbocycles. The third-order valence-corrected chi connectivity index (χ3v) is 10.5. The van der Waals surface area contributed by atoms with Crippen molar-refractivity contribution >= 4 is 5.97 Å². The summed E-state index contributed by atoms with van der Waals surface area (Å²) in [5, 5.41) is 0. The highest BCUT2D eigenvalue weighted by Crippen LogP contribution is 2.68. The third-order valence-electron chi connectivity index (χ3n) is 10.5. The topological polar surface area (TPSA) is 52.3 Å². The molecule has 0 amide bonds. The molecule has 6 unspecified atom stereocenters. The normalized spacial score (nSPS) is 48.9. The van der Waals surface area contributed by atoms with Gasteiger partial charge in [-0.3, -0.25) is 4.79 Å². The molecule has 3 heteroatoms. The first-order chi connectivity index (χ1) is 13.3. The molecular weight excluding hydrogens is 346 g/mol. The third kappa shape index (κ3) is 3.24. The van der Waals surface area contributed by atoms with Gasteiger partial charge in [0.25, 0.3) is 0 Å². The minimum atomic E-state index is -0.0444. The Morgan fingerprint density at radius 3 is 2.50 bits per heavy atom. The summed E-state index contributed by atoms with van der Waals surface area (Å²) in [6.45, 7) is 7.65. The van der Waals surface area contributed by atoms with E-state index >= 15 is 0 Å². The Kier molecular flexibility index (Phi) is 5.61. The predicted molar refractivity (Wildman–Crippen MR) is 114 cm³/mol. The molecule has 0 aromatic rings. The number of methoxy groups -OCH3 is 1. The average molecular weight is 390 g/mol. The lowest BCUT2D eigenvalue weighted by Crippen LogP contribution is -2.54. The molecule has 4 aliphatic rings. The highest BCUT2D eigenvalue weighted by Gasteiger charge is 2.60. The Morgan fingerprint density at radius 1 is 1.04 bits per heavy atom. The second-order valence-corrected chi connectivity index (χ2v) is 11.5. The summed E-state index contributed by atoms with van der Waals surface area (Å²) in [4.78, 5) is 11.6. The standard InChI is InChI=1S/C25H43NO2/c1-16(5-10-23(27)28-4)20-8-9-21-19-7-6-17-15-18(26)11-13-24(17,2)22(19)12-14-25(20,21)3/h16-22H,5-15,26H2,1-4H3/t16?,17?,18-,19?,20+,21?,22?,24-,25?/m0/s1. The SMILES string of the molecule is COC(=O)CCC(C)[C@H]1CCC2C3CCC4C[C@@H](N)CC[C@]4(C)C3CCC21C. The van der Waals surface area contributed by atoms with Gasteiger partial charge in [-0.1, -0.05) is 20.8 Å². The Bertz CT molecular complexity index is 591. The minimum absolute atomic E-state index is 0.0444. The van der Waals surface area contributed by atoms with Crippen LogP contribution in [0.3, 0.4) is 0 Å². The van der Waals surface area contributed by atoms with Gasteiger partial charge in [0.15, 0.2) is 0 Å². The van der Waals surface area contributed by atoms with Gasteiger partial charge in [0.2, 0.25) is 0 Å². The van der Waals surface area contributed by atoms with E-state index in [4.69, 9.17) is 10.5 Å². The zero-order valence-electron chi connectivity index (χ0n) is 18.7. The summed E-state index contributed by atoms with van der Waals surface area (Å²) in [5.41, 5.74) is 7.39. The molecule has 0 bridgehead atoms. The molecule has 0 spiro atoms. The van der Waals surface area contributed by atoms with Crippen LogP contribution in [0.25, 0.3) is 0 Å². The maximum atomic E-state index is 11.6. The van der Waals surface area contributed by atoms with Crippen LogP contribution in [-0.2, 0) is 9.53 Å². The van der Waals surface area contributed by atoms with Crippen LogP contribution in [0.1, 0.15) is 91.4 Å². The van der Waals surface area contributed by atoms with Crippen molar-refractivity contribution in [1.82, 2.24) is 0 Å². The van der Waals surface area contributed by atoms with Gasteiger partial charge in [-0.25, -0.2) is 0 Å². The van der Waals surface area contributed by atoms with E-state index in [0.717, 1.165) is 36.0 Å². The maximum absolute atomic E-state index is 11.6. The van der Waals surface area contributed by atoms with Gasteiger partial charge < -0.3 is 10.5 Å². The summed E-state index contributed by atoms with van der Waals surface area (Å²) >= 11 is 0. The number of carbonyl (C=O) groups is 1. The Balaban J connectivity index is 1.48. The number of ether oxygens (including phenoxy) is 1. The van der Waals surface area contributed by atoms with Crippen LogP contribution >= 0.6 is 0 Å². The number of nitrogens with two attached hydrogens (primary N) is 1. The molecule has 2 N–H and O–H groups in total. The number of rotatable bonds is 4. The van der Waals surface area contributed by atoms with E-state index in [9.17, 15) is 4.79 Å². The second kappa shape index (κ2) is 7.60. The number of fused-ring (bicyclic) bond motifs is 5. The maximum Gasteiger partial charge on any atom is 0.305 e. The van der Waals surface area contributed by atoms with Gasteiger partial charge in [-0.2, -0.15) is 0 Å². The predicted octanol–water partition coefficient (Wildman–Crippen LogP) is 5.56. The molecule has 0 radical (unpaired) electrons. The quantitative estimate of drug-likeness (QED) is 0.640. The summed E-state index contributed by atoms with van der Waals surface area (Å²) < 4.78 is 4.89. The molecule has 0 saturated heterocycles. The van der Waals surface area contributed by atoms with Crippen LogP contribution in [0.4, 0.5) is 0 Å². The summed E-state index contributed by atoms with van der Waals surface area (Å²) in [7, 11) is 1.51. The van der Waals surface area contributed by atoms with Gasteiger partial charge >= 0.3 is 5.97 Å². The van der Waals surface area contributed by atoms with Crippen molar-refractivity contribution in [2.75, 3.05) is 7.11 Å². The van der Waals surface area contributed by atoms with Gasteiger partial charge in [0.05, 0.1) is 7.11 Å². The average Bonchev–Trinajstić information content (AvgIpc) is 3.03. The molecule has 9 atom stereocenters. The van der Waals surface area contributed by atoms with E-state index in [1.54, 1.807) is 0 Å². The molecule has 0 aromatic heterocycles. The number of hydrogen-bond donors (Lipinski definition) is 1. The Hall–Kier alpha value is -0.570. The lowest BCUT2D eigenvalue weighted by Gasteiger charge is -2.61. The van der Waals surface area contributed by atoms with E-state index < -0.39 is 0 Å². The van der Waals surface area contributed by atoms with Gasteiger partial charge in [-0.15, -0.1) is 0 Å². The summed E-state index contributed by atoms with van der Waals surface area (Å²) in [6, 6.07) is 0.454. The fraction of sp³-hybridized carbons (Fsp3) is 0.960. The fourth-order valence-electron chi connectivity index (χ4n) is 8.92. The molecule has 0 aliphatic heterocycles. The van der Waals surface area contributed by atoms with E-state index in [0.29, 0.717) is 29.2 Å². The molecule has 160 valence electrons. The van der Waals surface area contributed by atoms with Gasteiger partial charge in [0.1, 0.15) is 0 Å². The highest BCUT2D eigenvalue weighted by molar-refractivity contribution is 5.69. The van der Waals surface area contributed by atoms with Crippen molar-refractivity contribution < 1.29 is 9.53 Å². The smallest absolute Gasteiger partial charge is 0.305 e. The number of carbonyl (C=O) groups excluding carboxylic acids is 1. The van der Waals surface area contributed by atoms with Crippen LogP contribution in [0.2, 0.25) is 0 Å². The minimum Gasteiger partial charge on any atom is -0.469 e. The fourth-order valence-corrected chi connectivity index (χ4v) is 8.92. The molecule has 4 fully saturated rings. The van der Waals surface area contributed by atoms with Crippen molar-refractivity contribution in [3.63, 3.8) is 0 Å². The van der Waals surface area contributed by atoms with Crippen molar-refractivity contribution in [3.8, 4) is 0 Å². The Morgan fingerprint density at radius 2 is 1.75 bits per heavy atom. The van der Waals surface area contributed by atoms with Crippen molar-refractivity contribution in [2.24, 2.45) is 52.1 Å². The van der Waals surface area contributed by atoms with Crippen LogP contribution in [0.15, 0.2) is 0 Å². The lowest BCUT2D eigenvalue weighted by molar-refractivity contribution is -0.141. The van der Waals surface area contributed by atoms with Crippen LogP contribution in [-0.4, -0.2) is 19.1 Å². The number of esters is 1. The number of hydrogen-bond acceptors (Lipinski definition) is 3. The summed E-state index contributed by atoms with van der Waals surface area (Å²) in [5.74, 6) is 5.02. The summed E-state index contributed by atoms with van der Waals surface area (Å²) in [6.07, 6.45) is 13.9.